The van der Waals surface area contributed by atoms with Crippen molar-refractivity contribution in [3.05, 3.63) is 119 Å². The molecule has 0 unspecified atom stereocenters. The zero-order valence-electron chi connectivity index (χ0n) is 20.4. The van der Waals surface area contributed by atoms with Crippen LogP contribution in [0, 0.1) is 40.4 Å². The van der Waals surface area contributed by atoms with Gasteiger partial charge in [0.1, 0.15) is 17.2 Å². The van der Waals surface area contributed by atoms with Crippen LogP contribution in [0.2, 0.25) is 0 Å². The summed E-state index contributed by atoms with van der Waals surface area (Å²) in [4.78, 5) is 0. The summed E-state index contributed by atoms with van der Waals surface area (Å²) in [6, 6.07) is 20.5. The molecule has 6 aromatic rings. The van der Waals surface area contributed by atoms with Gasteiger partial charge in [0, 0.05) is 33.2 Å². The third-order valence-corrected chi connectivity index (χ3v) is 7.25. The van der Waals surface area contributed by atoms with E-state index >= 15 is 8.78 Å². The van der Waals surface area contributed by atoms with Gasteiger partial charge in [-0.1, -0.05) is 48.6 Å². The first-order valence-corrected chi connectivity index (χ1v) is 12.3. The van der Waals surface area contributed by atoms with E-state index in [1.165, 1.54) is 12.2 Å². The molecule has 0 bridgehead atoms. The van der Waals surface area contributed by atoms with E-state index < -0.39 is 34.6 Å². The maximum Gasteiger partial charge on any atom is 0.200 e. The van der Waals surface area contributed by atoms with Crippen LogP contribution in [0.15, 0.2) is 88.9 Å². The fourth-order valence-electron chi connectivity index (χ4n) is 5.51. The van der Waals surface area contributed by atoms with Gasteiger partial charge >= 0.3 is 0 Å². The number of hydrogen-bond acceptors (Lipinski definition) is 2. The molecule has 2 aromatic heterocycles. The Hall–Kier alpha value is -5.16. The van der Waals surface area contributed by atoms with Crippen molar-refractivity contribution in [2.24, 2.45) is 0 Å². The lowest BCUT2D eigenvalue weighted by atomic mass is 9.97. The van der Waals surface area contributed by atoms with Gasteiger partial charge in [0.25, 0.3) is 0 Å². The number of benzene rings is 4. The number of para-hydroxylation sites is 2. The van der Waals surface area contributed by atoms with Crippen molar-refractivity contribution in [1.29, 1.82) is 5.26 Å². The Morgan fingerprint density at radius 3 is 2.12 bits per heavy atom. The third-order valence-electron chi connectivity index (χ3n) is 7.25. The molecule has 0 amide bonds. The van der Waals surface area contributed by atoms with Gasteiger partial charge in [-0.3, -0.25) is 0 Å². The van der Waals surface area contributed by atoms with E-state index in [1.807, 2.05) is 42.5 Å². The molecule has 40 heavy (non-hydrogen) atoms. The molecular formula is C32H15F5N2O. The fraction of sp³-hybridized carbons (Fsp3) is 0.0312. The summed E-state index contributed by atoms with van der Waals surface area (Å²) in [5, 5.41) is 13.4. The van der Waals surface area contributed by atoms with E-state index in [0.29, 0.717) is 22.2 Å². The first-order chi connectivity index (χ1) is 19.4. The molecule has 0 saturated carbocycles. The van der Waals surface area contributed by atoms with Crippen LogP contribution in [-0.2, 0) is 0 Å². The minimum atomic E-state index is -2.25. The molecule has 1 aliphatic rings. The van der Waals surface area contributed by atoms with E-state index in [4.69, 9.17) is 4.42 Å². The van der Waals surface area contributed by atoms with Crippen molar-refractivity contribution in [1.82, 2.24) is 4.57 Å². The number of hydrogen-bond donors (Lipinski definition) is 0. The second-order valence-corrected chi connectivity index (χ2v) is 9.39. The van der Waals surface area contributed by atoms with Gasteiger partial charge in [-0.25, -0.2) is 22.0 Å². The minimum absolute atomic E-state index is 0.0129. The van der Waals surface area contributed by atoms with Crippen molar-refractivity contribution >= 4 is 55.0 Å². The molecule has 1 aliphatic carbocycles. The van der Waals surface area contributed by atoms with Crippen molar-refractivity contribution in [3.63, 3.8) is 0 Å². The summed E-state index contributed by atoms with van der Waals surface area (Å²) in [5.74, 6) is -10.3. The maximum atomic E-state index is 15.2. The Balaban J connectivity index is 1.64. The molecule has 0 aliphatic heterocycles. The van der Waals surface area contributed by atoms with E-state index in [1.54, 1.807) is 28.8 Å². The molecule has 2 heterocycles. The third kappa shape index (κ3) is 3.21. The second-order valence-electron chi connectivity index (χ2n) is 9.39. The summed E-state index contributed by atoms with van der Waals surface area (Å²) < 4.78 is 80.9. The molecular weight excluding hydrogens is 523 g/mol. The number of halogens is 5. The average Bonchev–Trinajstić information content (AvgIpc) is 3.41. The Bertz CT molecular complexity index is 2180. The van der Waals surface area contributed by atoms with Crippen LogP contribution in [0.1, 0.15) is 12.0 Å². The SMILES string of the molecule is N#CC1=C(n2c3ccccc3c3cc4c(cc32)oc2ccccc24)C(c2c(F)c(F)c(F)c(F)c2F)=CCC=C1. The van der Waals surface area contributed by atoms with Gasteiger partial charge in [0.15, 0.2) is 23.3 Å². The van der Waals surface area contributed by atoms with Crippen molar-refractivity contribution < 1.29 is 26.4 Å². The van der Waals surface area contributed by atoms with E-state index in [2.05, 4.69) is 6.07 Å². The minimum Gasteiger partial charge on any atom is -0.456 e. The average molecular weight is 538 g/mol. The first-order valence-electron chi connectivity index (χ1n) is 12.3. The standard InChI is InChI=1S/C32H15F5N2O/c33-27-26(28(34)30(36)31(37)29(27)35)19-10-2-1-7-16(15-38)32(19)39-22-11-5-3-8-17(22)20-13-21-18-9-4-6-12-24(18)40-25(21)14-23(20)39/h1,3-14H,2H2. The smallest absolute Gasteiger partial charge is 0.200 e. The summed E-state index contributed by atoms with van der Waals surface area (Å²) in [5.41, 5.74) is 0.879. The van der Waals surface area contributed by atoms with E-state index in [9.17, 15) is 18.4 Å². The normalized spacial score (nSPS) is 13.9. The number of fused-ring (bicyclic) bond motifs is 6. The molecule has 7 rings (SSSR count). The highest BCUT2D eigenvalue weighted by Gasteiger charge is 2.32. The Kier molecular flexibility index (Phi) is 5.19. The van der Waals surface area contributed by atoms with Crippen molar-refractivity contribution in [2.45, 2.75) is 6.42 Å². The highest BCUT2D eigenvalue weighted by Crippen LogP contribution is 2.44. The van der Waals surface area contributed by atoms with Gasteiger partial charge in [-0.05, 0) is 30.7 Å². The Labute approximate surface area is 222 Å². The first kappa shape index (κ1) is 23.9. The fourth-order valence-corrected chi connectivity index (χ4v) is 5.51. The molecule has 0 fully saturated rings. The van der Waals surface area contributed by atoms with Gasteiger partial charge in [0.2, 0.25) is 5.82 Å². The Morgan fingerprint density at radius 2 is 1.38 bits per heavy atom. The molecule has 194 valence electrons. The van der Waals surface area contributed by atoms with Crippen LogP contribution >= 0.6 is 0 Å². The highest BCUT2D eigenvalue weighted by atomic mass is 19.2. The molecule has 0 N–H and O–H groups in total. The Morgan fingerprint density at radius 1 is 0.700 bits per heavy atom. The predicted molar refractivity (Wildman–Crippen MR) is 144 cm³/mol. The topological polar surface area (TPSA) is 41.9 Å². The highest BCUT2D eigenvalue weighted by molar-refractivity contribution is 6.20. The second kappa shape index (κ2) is 8.68. The monoisotopic (exact) mass is 538 g/mol. The number of furan rings is 1. The number of allylic oxidation sites excluding steroid dienone is 6. The van der Waals surface area contributed by atoms with Gasteiger partial charge in [-0.15, -0.1) is 0 Å². The van der Waals surface area contributed by atoms with Crippen LogP contribution in [-0.4, -0.2) is 4.57 Å². The molecule has 0 spiro atoms. The summed E-state index contributed by atoms with van der Waals surface area (Å²) in [6.45, 7) is 0. The zero-order chi connectivity index (χ0) is 27.7. The van der Waals surface area contributed by atoms with Gasteiger partial charge in [-0.2, -0.15) is 5.26 Å². The lowest BCUT2D eigenvalue weighted by Crippen LogP contribution is -2.10. The van der Waals surface area contributed by atoms with Gasteiger partial charge in [0.05, 0.1) is 27.9 Å². The predicted octanol–water partition coefficient (Wildman–Crippen LogP) is 9.17. The van der Waals surface area contributed by atoms with E-state index in [-0.39, 0.29) is 23.3 Å². The maximum absolute atomic E-state index is 15.2. The number of nitriles is 1. The zero-order valence-corrected chi connectivity index (χ0v) is 20.4. The van der Waals surface area contributed by atoms with Gasteiger partial charge < -0.3 is 8.98 Å². The lowest BCUT2D eigenvalue weighted by molar-refractivity contribution is 0.376. The molecule has 0 atom stereocenters. The molecule has 3 nitrogen and oxygen atoms in total. The summed E-state index contributed by atoms with van der Waals surface area (Å²) in [7, 11) is 0. The molecule has 8 heteroatoms. The number of nitrogens with zero attached hydrogens (tertiary/aromatic N) is 2. The van der Waals surface area contributed by atoms with Crippen LogP contribution < -0.4 is 0 Å². The van der Waals surface area contributed by atoms with Crippen LogP contribution in [0.3, 0.4) is 0 Å². The van der Waals surface area contributed by atoms with Crippen molar-refractivity contribution in [3.8, 4) is 6.07 Å². The van der Waals surface area contributed by atoms with Crippen LogP contribution in [0.25, 0.3) is 55.0 Å². The lowest BCUT2D eigenvalue weighted by Gasteiger charge is -2.19. The molecule has 0 saturated heterocycles. The molecule has 0 radical (unpaired) electrons. The quantitative estimate of drug-likeness (QED) is 0.125. The molecule has 4 aromatic carbocycles. The van der Waals surface area contributed by atoms with Crippen LogP contribution in [0.4, 0.5) is 22.0 Å². The van der Waals surface area contributed by atoms with Crippen LogP contribution in [0.5, 0.6) is 0 Å². The van der Waals surface area contributed by atoms with E-state index in [0.717, 1.165) is 21.5 Å². The number of aromatic nitrogens is 1. The van der Waals surface area contributed by atoms with Crippen molar-refractivity contribution in [2.75, 3.05) is 0 Å². The summed E-state index contributed by atoms with van der Waals surface area (Å²) in [6.07, 6.45) is 4.51. The summed E-state index contributed by atoms with van der Waals surface area (Å²) >= 11 is 0. The largest absolute Gasteiger partial charge is 0.456 e. The number of rotatable bonds is 2.